The summed E-state index contributed by atoms with van der Waals surface area (Å²) in [6.45, 7) is 5.42. The fraction of sp³-hybridized carbons (Fsp3) is 0.538. The molecule has 17 heavy (non-hydrogen) atoms. The van der Waals surface area contributed by atoms with Gasteiger partial charge >= 0.3 is 0 Å². The Morgan fingerprint density at radius 3 is 2.82 bits per heavy atom. The molecule has 4 heteroatoms. The number of phenolic OH excluding ortho intramolecular Hbond substituents is 1. The van der Waals surface area contributed by atoms with E-state index >= 15 is 0 Å². The van der Waals surface area contributed by atoms with Crippen LogP contribution in [0.15, 0.2) is 23.1 Å². The quantitative estimate of drug-likeness (QED) is 0.797. The minimum Gasteiger partial charge on any atom is -0.508 e. The summed E-state index contributed by atoms with van der Waals surface area (Å²) >= 11 is 1.72. The second-order valence-corrected chi connectivity index (χ2v) is 5.22. The fourth-order valence-corrected chi connectivity index (χ4v) is 2.57. The monoisotopic (exact) mass is 252 g/mol. The predicted octanol–water partition coefficient (Wildman–Crippen LogP) is 1.56. The molecule has 0 spiro atoms. The molecule has 2 N–H and O–H groups in total. The molecule has 0 aromatic heterocycles. The van der Waals surface area contributed by atoms with Crippen LogP contribution in [0.1, 0.15) is 5.56 Å². The first-order valence-corrected chi connectivity index (χ1v) is 7.31. The third-order valence-corrected chi connectivity index (χ3v) is 3.92. The van der Waals surface area contributed by atoms with Crippen molar-refractivity contribution in [3.8, 4) is 5.75 Å². The van der Waals surface area contributed by atoms with Crippen LogP contribution in [0.2, 0.25) is 0 Å². The lowest BCUT2D eigenvalue weighted by Gasteiger charge is -2.27. The number of piperazine rings is 1. The Kier molecular flexibility index (Phi) is 4.71. The third-order valence-electron chi connectivity index (χ3n) is 3.19. The van der Waals surface area contributed by atoms with E-state index in [0.717, 1.165) is 44.7 Å². The zero-order valence-corrected chi connectivity index (χ0v) is 11.1. The van der Waals surface area contributed by atoms with Crippen LogP contribution >= 0.6 is 11.8 Å². The molecule has 0 saturated carbocycles. The minimum atomic E-state index is 0.429. The molecule has 94 valence electrons. The Bertz CT molecular complexity index is 364. The molecular formula is C13H20N2OS. The van der Waals surface area contributed by atoms with Crippen molar-refractivity contribution >= 4 is 11.8 Å². The molecule has 1 fully saturated rings. The lowest BCUT2D eigenvalue weighted by molar-refractivity contribution is 0.243. The maximum absolute atomic E-state index is 9.82. The molecule has 0 atom stereocenters. The highest BCUT2D eigenvalue weighted by Crippen LogP contribution is 2.24. The number of rotatable bonds is 4. The van der Waals surface area contributed by atoms with Crippen LogP contribution in [-0.2, 0) is 6.42 Å². The minimum absolute atomic E-state index is 0.429. The molecule has 1 aliphatic rings. The first-order chi connectivity index (χ1) is 8.29. The molecule has 0 unspecified atom stereocenters. The largest absolute Gasteiger partial charge is 0.508 e. The zero-order chi connectivity index (χ0) is 12.1. The van der Waals surface area contributed by atoms with Gasteiger partial charge in [-0.05, 0) is 36.4 Å². The van der Waals surface area contributed by atoms with Gasteiger partial charge in [0.05, 0.1) is 0 Å². The van der Waals surface area contributed by atoms with Crippen LogP contribution in [0.4, 0.5) is 0 Å². The second kappa shape index (κ2) is 6.28. The van der Waals surface area contributed by atoms with Gasteiger partial charge in [0.15, 0.2) is 0 Å². The van der Waals surface area contributed by atoms with E-state index in [1.54, 1.807) is 17.8 Å². The summed E-state index contributed by atoms with van der Waals surface area (Å²) < 4.78 is 0. The Morgan fingerprint density at radius 1 is 1.35 bits per heavy atom. The Morgan fingerprint density at radius 2 is 2.12 bits per heavy atom. The van der Waals surface area contributed by atoms with Gasteiger partial charge in [0.25, 0.3) is 0 Å². The normalized spacial score (nSPS) is 17.2. The summed E-state index contributed by atoms with van der Waals surface area (Å²) in [5, 5.41) is 13.2. The van der Waals surface area contributed by atoms with Crippen molar-refractivity contribution in [3.05, 3.63) is 23.8 Å². The Hall–Kier alpha value is -0.710. The number of hydrogen-bond acceptors (Lipinski definition) is 4. The summed E-state index contributed by atoms with van der Waals surface area (Å²) in [5.74, 6) is 0.429. The second-order valence-electron chi connectivity index (χ2n) is 4.34. The maximum Gasteiger partial charge on any atom is 0.118 e. The average molecular weight is 252 g/mol. The highest BCUT2D eigenvalue weighted by Gasteiger charge is 2.10. The lowest BCUT2D eigenvalue weighted by atomic mass is 10.1. The molecule has 1 aliphatic heterocycles. The number of hydrogen-bond donors (Lipinski definition) is 2. The molecule has 3 nitrogen and oxygen atoms in total. The maximum atomic E-state index is 9.82. The molecule has 0 radical (unpaired) electrons. The van der Waals surface area contributed by atoms with E-state index in [1.165, 1.54) is 4.90 Å². The molecule has 1 saturated heterocycles. The third kappa shape index (κ3) is 3.63. The molecule has 1 aromatic rings. The standard InChI is InChI=1S/C13H20N2OS/c1-17-12-2-3-13(16)11(10-12)4-7-15-8-5-14-6-9-15/h2-3,10,14,16H,4-9H2,1H3. The summed E-state index contributed by atoms with van der Waals surface area (Å²) in [4.78, 5) is 3.67. The molecular weight excluding hydrogens is 232 g/mol. The highest BCUT2D eigenvalue weighted by molar-refractivity contribution is 7.98. The topological polar surface area (TPSA) is 35.5 Å². The molecule has 1 heterocycles. The van der Waals surface area contributed by atoms with Gasteiger partial charge in [-0.1, -0.05) is 0 Å². The van der Waals surface area contributed by atoms with Gasteiger partial charge in [-0.25, -0.2) is 0 Å². The van der Waals surface area contributed by atoms with E-state index in [2.05, 4.69) is 22.5 Å². The number of phenols is 1. The highest BCUT2D eigenvalue weighted by atomic mass is 32.2. The zero-order valence-electron chi connectivity index (χ0n) is 10.3. The van der Waals surface area contributed by atoms with E-state index in [0.29, 0.717) is 5.75 Å². The predicted molar refractivity (Wildman–Crippen MR) is 72.9 cm³/mol. The average Bonchev–Trinajstić information content (AvgIpc) is 2.39. The van der Waals surface area contributed by atoms with E-state index < -0.39 is 0 Å². The van der Waals surface area contributed by atoms with Gasteiger partial charge in [0.1, 0.15) is 5.75 Å². The van der Waals surface area contributed by atoms with Crippen molar-refractivity contribution in [2.24, 2.45) is 0 Å². The number of aromatic hydroxyl groups is 1. The van der Waals surface area contributed by atoms with E-state index in [9.17, 15) is 5.11 Å². The molecule has 2 rings (SSSR count). The van der Waals surface area contributed by atoms with Crippen LogP contribution < -0.4 is 5.32 Å². The van der Waals surface area contributed by atoms with Crippen LogP contribution in [0, 0.1) is 0 Å². The first kappa shape index (κ1) is 12.7. The van der Waals surface area contributed by atoms with Gasteiger partial charge in [0.2, 0.25) is 0 Å². The Labute approximate surface area is 107 Å². The van der Waals surface area contributed by atoms with Gasteiger partial charge < -0.3 is 15.3 Å². The number of nitrogens with one attached hydrogen (secondary N) is 1. The first-order valence-electron chi connectivity index (χ1n) is 6.08. The van der Waals surface area contributed by atoms with E-state index in [-0.39, 0.29) is 0 Å². The van der Waals surface area contributed by atoms with Crippen molar-refractivity contribution in [3.63, 3.8) is 0 Å². The van der Waals surface area contributed by atoms with Gasteiger partial charge in [-0.15, -0.1) is 11.8 Å². The van der Waals surface area contributed by atoms with Crippen LogP contribution in [-0.4, -0.2) is 49.0 Å². The van der Waals surface area contributed by atoms with Crippen LogP contribution in [0.3, 0.4) is 0 Å². The van der Waals surface area contributed by atoms with E-state index in [4.69, 9.17) is 0 Å². The van der Waals surface area contributed by atoms with Crippen molar-refractivity contribution in [1.82, 2.24) is 10.2 Å². The van der Waals surface area contributed by atoms with Crippen molar-refractivity contribution < 1.29 is 5.11 Å². The number of nitrogens with zero attached hydrogens (tertiary/aromatic N) is 1. The Balaban J connectivity index is 1.92. The molecule has 0 bridgehead atoms. The SMILES string of the molecule is CSc1ccc(O)c(CCN2CCNCC2)c1. The van der Waals surface area contributed by atoms with Crippen molar-refractivity contribution in [2.75, 3.05) is 39.0 Å². The molecule has 0 amide bonds. The molecule has 1 aromatic carbocycles. The lowest BCUT2D eigenvalue weighted by Crippen LogP contribution is -2.44. The summed E-state index contributed by atoms with van der Waals surface area (Å²) in [6, 6.07) is 5.87. The van der Waals surface area contributed by atoms with Gasteiger partial charge in [-0.3, -0.25) is 0 Å². The molecule has 0 aliphatic carbocycles. The van der Waals surface area contributed by atoms with E-state index in [1.807, 2.05) is 6.07 Å². The summed E-state index contributed by atoms with van der Waals surface area (Å²) in [6.07, 6.45) is 2.99. The number of thioether (sulfide) groups is 1. The van der Waals surface area contributed by atoms with Gasteiger partial charge in [0, 0.05) is 37.6 Å². The number of benzene rings is 1. The van der Waals surface area contributed by atoms with Crippen LogP contribution in [0.25, 0.3) is 0 Å². The van der Waals surface area contributed by atoms with Crippen molar-refractivity contribution in [2.45, 2.75) is 11.3 Å². The van der Waals surface area contributed by atoms with Crippen molar-refractivity contribution in [1.29, 1.82) is 0 Å². The van der Waals surface area contributed by atoms with Crippen LogP contribution in [0.5, 0.6) is 5.75 Å². The summed E-state index contributed by atoms with van der Waals surface area (Å²) in [5.41, 5.74) is 1.07. The summed E-state index contributed by atoms with van der Waals surface area (Å²) in [7, 11) is 0. The fourth-order valence-electron chi connectivity index (χ4n) is 2.10. The van der Waals surface area contributed by atoms with Gasteiger partial charge in [-0.2, -0.15) is 0 Å². The smallest absolute Gasteiger partial charge is 0.118 e.